The van der Waals surface area contributed by atoms with Crippen molar-refractivity contribution in [2.75, 3.05) is 24.8 Å². The molecule has 0 atom stereocenters. The number of benzene rings is 2. The summed E-state index contributed by atoms with van der Waals surface area (Å²) >= 11 is 0. The summed E-state index contributed by atoms with van der Waals surface area (Å²) < 4.78 is 5.44. The standard InChI is InChI=1S/C24H26N4O3/c1-16-14-25-21(17(2)22(16)31-4)15-28(3)23(29)18-10-12-20(13-11-18)27-24(30)26-19-8-6-5-7-9-19/h5-14H,15H2,1-4H3,(H2,26,27,30). The molecule has 1 heterocycles. The van der Waals surface area contributed by atoms with Crippen LogP contribution in [0.25, 0.3) is 0 Å². The first kappa shape index (κ1) is 21.8. The van der Waals surface area contributed by atoms with Crippen LogP contribution in [0.1, 0.15) is 27.2 Å². The van der Waals surface area contributed by atoms with Gasteiger partial charge >= 0.3 is 6.03 Å². The van der Waals surface area contributed by atoms with E-state index in [9.17, 15) is 9.59 Å². The van der Waals surface area contributed by atoms with Crippen molar-refractivity contribution in [1.82, 2.24) is 9.88 Å². The van der Waals surface area contributed by atoms with Gasteiger partial charge in [-0.25, -0.2) is 4.79 Å². The molecule has 31 heavy (non-hydrogen) atoms. The highest BCUT2D eigenvalue weighted by Gasteiger charge is 2.16. The molecule has 0 aliphatic heterocycles. The Labute approximate surface area is 182 Å². The first-order valence-corrected chi connectivity index (χ1v) is 9.86. The van der Waals surface area contributed by atoms with Crippen molar-refractivity contribution in [3.63, 3.8) is 0 Å². The van der Waals surface area contributed by atoms with Gasteiger partial charge in [0.2, 0.25) is 0 Å². The number of ether oxygens (including phenoxy) is 1. The lowest BCUT2D eigenvalue weighted by Gasteiger charge is -2.19. The summed E-state index contributed by atoms with van der Waals surface area (Å²) in [6.45, 7) is 4.24. The van der Waals surface area contributed by atoms with Crippen molar-refractivity contribution in [3.05, 3.63) is 83.2 Å². The lowest BCUT2D eigenvalue weighted by atomic mass is 10.1. The van der Waals surface area contributed by atoms with E-state index in [-0.39, 0.29) is 11.9 Å². The Morgan fingerprint density at radius 3 is 2.19 bits per heavy atom. The quantitative estimate of drug-likeness (QED) is 0.612. The molecule has 0 fully saturated rings. The van der Waals surface area contributed by atoms with E-state index in [4.69, 9.17) is 4.74 Å². The number of nitrogens with zero attached hydrogens (tertiary/aromatic N) is 2. The number of carbonyl (C=O) groups is 2. The highest BCUT2D eigenvalue weighted by molar-refractivity contribution is 6.00. The number of urea groups is 1. The molecule has 0 radical (unpaired) electrons. The zero-order chi connectivity index (χ0) is 22.4. The van der Waals surface area contributed by atoms with E-state index in [1.54, 1.807) is 61.7 Å². The number of para-hydroxylation sites is 1. The molecule has 3 rings (SSSR count). The van der Waals surface area contributed by atoms with Crippen LogP contribution in [0.2, 0.25) is 0 Å². The van der Waals surface area contributed by atoms with Gasteiger partial charge in [-0.2, -0.15) is 0 Å². The second-order valence-corrected chi connectivity index (χ2v) is 7.23. The third-order valence-corrected chi connectivity index (χ3v) is 4.90. The Bertz CT molecular complexity index is 1070. The monoisotopic (exact) mass is 418 g/mol. The number of aryl methyl sites for hydroxylation is 1. The van der Waals surface area contributed by atoms with Crippen LogP contribution >= 0.6 is 0 Å². The van der Waals surface area contributed by atoms with Crippen LogP contribution in [0.3, 0.4) is 0 Å². The number of anilines is 2. The predicted octanol–water partition coefficient (Wildman–Crippen LogP) is 4.62. The Hall–Kier alpha value is -3.87. The van der Waals surface area contributed by atoms with Crippen LogP contribution in [-0.2, 0) is 6.54 Å². The van der Waals surface area contributed by atoms with E-state index in [0.717, 1.165) is 22.6 Å². The van der Waals surface area contributed by atoms with Crippen LogP contribution in [0.5, 0.6) is 5.75 Å². The number of hydrogen-bond acceptors (Lipinski definition) is 4. The molecule has 2 aromatic carbocycles. The normalized spacial score (nSPS) is 10.3. The minimum atomic E-state index is -0.350. The summed E-state index contributed by atoms with van der Waals surface area (Å²) in [4.78, 5) is 31.0. The van der Waals surface area contributed by atoms with Crippen molar-refractivity contribution in [2.45, 2.75) is 20.4 Å². The maximum absolute atomic E-state index is 12.8. The van der Waals surface area contributed by atoms with E-state index in [0.29, 0.717) is 23.5 Å². The summed E-state index contributed by atoms with van der Waals surface area (Å²) in [7, 11) is 3.36. The lowest BCUT2D eigenvalue weighted by molar-refractivity contribution is 0.0783. The van der Waals surface area contributed by atoms with E-state index in [1.165, 1.54) is 0 Å². The number of methoxy groups -OCH3 is 1. The Morgan fingerprint density at radius 1 is 0.968 bits per heavy atom. The molecule has 0 saturated heterocycles. The molecule has 3 amide bonds. The molecule has 1 aromatic heterocycles. The van der Waals surface area contributed by atoms with E-state index in [2.05, 4.69) is 15.6 Å². The number of carbonyl (C=O) groups excluding carboxylic acids is 2. The maximum atomic E-state index is 12.8. The van der Waals surface area contributed by atoms with Crippen molar-refractivity contribution < 1.29 is 14.3 Å². The van der Waals surface area contributed by atoms with E-state index >= 15 is 0 Å². The van der Waals surface area contributed by atoms with E-state index < -0.39 is 0 Å². The molecule has 7 nitrogen and oxygen atoms in total. The largest absolute Gasteiger partial charge is 0.496 e. The first-order valence-electron chi connectivity index (χ1n) is 9.86. The van der Waals surface area contributed by atoms with Gasteiger partial charge in [0.25, 0.3) is 5.91 Å². The zero-order valence-corrected chi connectivity index (χ0v) is 18.1. The molecule has 3 aromatic rings. The van der Waals surface area contributed by atoms with Crippen molar-refractivity contribution in [1.29, 1.82) is 0 Å². The molecule has 2 N–H and O–H groups in total. The fraction of sp³-hybridized carbons (Fsp3) is 0.208. The van der Waals surface area contributed by atoms with Gasteiger partial charge in [0.1, 0.15) is 5.75 Å². The molecule has 0 unspecified atom stereocenters. The second-order valence-electron chi connectivity index (χ2n) is 7.23. The van der Waals surface area contributed by atoms with Gasteiger partial charge in [-0.1, -0.05) is 18.2 Å². The van der Waals surface area contributed by atoms with Gasteiger partial charge in [0.15, 0.2) is 0 Å². The minimum absolute atomic E-state index is 0.138. The summed E-state index contributed by atoms with van der Waals surface area (Å²) in [5.74, 6) is 0.649. The van der Waals surface area contributed by atoms with Crippen LogP contribution in [0, 0.1) is 13.8 Å². The number of amides is 3. The van der Waals surface area contributed by atoms with Crippen LogP contribution in [0.4, 0.5) is 16.2 Å². The average molecular weight is 418 g/mol. The van der Waals surface area contributed by atoms with Crippen molar-refractivity contribution in [3.8, 4) is 5.75 Å². The molecule has 0 aliphatic rings. The molecule has 0 bridgehead atoms. The Balaban J connectivity index is 1.62. The van der Waals surface area contributed by atoms with Crippen LogP contribution < -0.4 is 15.4 Å². The maximum Gasteiger partial charge on any atom is 0.323 e. The second kappa shape index (κ2) is 9.75. The number of hydrogen-bond donors (Lipinski definition) is 2. The SMILES string of the molecule is COc1c(C)cnc(CN(C)C(=O)c2ccc(NC(=O)Nc3ccccc3)cc2)c1C. The number of pyridine rings is 1. The number of aromatic nitrogens is 1. The Kier molecular flexibility index (Phi) is 6.87. The fourth-order valence-electron chi connectivity index (χ4n) is 3.26. The highest BCUT2D eigenvalue weighted by Crippen LogP contribution is 2.25. The fourth-order valence-corrected chi connectivity index (χ4v) is 3.26. The summed E-state index contributed by atoms with van der Waals surface area (Å²) in [5.41, 5.74) is 4.48. The van der Waals surface area contributed by atoms with Gasteiger partial charge < -0.3 is 20.3 Å². The van der Waals surface area contributed by atoms with E-state index in [1.807, 2.05) is 32.0 Å². The zero-order valence-electron chi connectivity index (χ0n) is 18.1. The van der Waals surface area contributed by atoms with Gasteiger partial charge in [0, 0.05) is 41.3 Å². The summed E-state index contributed by atoms with van der Waals surface area (Å²) in [5, 5.41) is 5.50. The predicted molar refractivity (Wildman–Crippen MR) is 122 cm³/mol. The molecule has 0 spiro atoms. The smallest absolute Gasteiger partial charge is 0.323 e. The van der Waals surface area contributed by atoms with Gasteiger partial charge in [-0.3, -0.25) is 9.78 Å². The molecule has 160 valence electrons. The van der Waals surface area contributed by atoms with Gasteiger partial charge in [-0.05, 0) is 50.2 Å². The molecule has 0 saturated carbocycles. The van der Waals surface area contributed by atoms with Crippen LogP contribution in [-0.4, -0.2) is 36.0 Å². The summed E-state index contributed by atoms with van der Waals surface area (Å²) in [6, 6.07) is 15.6. The minimum Gasteiger partial charge on any atom is -0.496 e. The third kappa shape index (κ3) is 5.39. The number of rotatable bonds is 6. The molecular formula is C24H26N4O3. The summed E-state index contributed by atoms with van der Waals surface area (Å²) in [6.07, 6.45) is 1.75. The first-order chi connectivity index (χ1) is 14.9. The molecule has 7 heteroatoms. The van der Waals surface area contributed by atoms with Gasteiger partial charge in [-0.15, -0.1) is 0 Å². The Morgan fingerprint density at radius 2 is 1.58 bits per heavy atom. The average Bonchev–Trinajstić information content (AvgIpc) is 2.76. The topological polar surface area (TPSA) is 83.6 Å². The molecular weight excluding hydrogens is 392 g/mol. The lowest BCUT2D eigenvalue weighted by Crippen LogP contribution is -2.27. The van der Waals surface area contributed by atoms with Gasteiger partial charge in [0.05, 0.1) is 19.3 Å². The highest BCUT2D eigenvalue weighted by atomic mass is 16.5. The van der Waals surface area contributed by atoms with Crippen molar-refractivity contribution >= 4 is 23.3 Å². The number of nitrogens with one attached hydrogen (secondary N) is 2. The van der Waals surface area contributed by atoms with Crippen LogP contribution in [0.15, 0.2) is 60.8 Å². The third-order valence-electron chi connectivity index (χ3n) is 4.90. The van der Waals surface area contributed by atoms with Crippen molar-refractivity contribution in [2.24, 2.45) is 0 Å². The molecule has 0 aliphatic carbocycles.